The zero-order chi connectivity index (χ0) is 22.0. The van der Waals surface area contributed by atoms with E-state index in [2.05, 4.69) is 15.5 Å². The highest BCUT2D eigenvalue weighted by Gasteiger charge is 2.42. The van der Waals surface area contributed by atoms with E-state index in [4.69, 9.17) is 14.2 Å². The van der Waals surface area contributed by atoms with Crippen molar-refractivity contribution >= 4 is 23.4 Å². The first kappa shape index (κ1) is 20.7. The number of anilines is 1. The highest BCUT2D eigenvalue weighted by molar-refractivity contribution is 7.99. The van der Waals surface area contributed by atoms with Gasteiger partial charge in [0.1, 0.15) is 12.1 Å². The molecule has 1 N–H and O–H groups in total. The summed E-state index contributed by atoms with van der Waals surface area (Å²) < 4.78 is 19.4. The normalized spacial score (nSPS) is 16.2. The van der Waals surface area contributed by atoms with Crippen molar-refractivity contribution in [1.82, 2.24) is 14.8 Å². The third-order valence-corrected chi connectivity index (χ3v) is 6.56. The van der Waals surface area contributed by atoms with Gasteiger partial charge in [-0.2, -0.15) is 0 Å². The molecule has 1 saturated carbocycles. The van der Waals surface area contributed by atoms with Crippen molar-refractivity contribution in [1.29, 1.82) is 0 Å². The molecule has 9 heteroatoms. The van der Waals surface area contributed by atoms with Crippen LogP contribution in [0, 0.1) is 0 Å². The van der Waals surface area contributed by atoms with E-state index in [1.165, 1.54) is 18.2 Å². The number of amides is 1. The molecular formula is C23H24N4O4S. The van der Waals surface area contributed by atoms with E-state index in [0.29, 0.717) is 16.6 Å². The number of rotatable bonds is 6. The van der Waals surface area contributed by atoms with Crippen LogP contribution in [0.5, 0.6) is 17.2 Å². The number of aromatic nitrogens is 3. The SMILES string of the molecule is COc1cccc(-n2cnnc2SCC(=O)Nc2ccc3c(c2)OC2(CCCCC2)O3)c1. The van der Waals surface area contributed by atoms with Gasteiger partial charge in [0.15, 0.2) is 16.7 Å². The summed E-state index contributed by atoms with van der Waals surface area (Å²) in [6, 6.07) is 13.1. The fourth-order valence-electron chi connectivity index (χ4n) is 4.05. The molecule has 0 saturated heterocycles. The number of hydrogen-bond acceptors (Lipinski definition) is 7. The first-order valence-electron chi connectivity index (χ1n) is 10.6. The monoisotopic (exact) mass is 452 g/mol. The molecule has 3 aromatic rings. The lowest BCUT2D eigenvalue weighted by molar-refractivity contribution is -0.113. The van der Waals surface area contributed by atoms with Crippen molar-refractivity contribution in [2.24, 2.45) is 0 Å². The van der Waals surface area contributed by atoms with Crippen molar-refractivity contribution in [2.45, 2.75) is 43.0 Å². The summed E-state index contributed by atoms with van der Waals surface area (Å²) in [6.07, 6.45) is 6.84. The van der Waals surface area contributed by atoms with E-state index >= 15 is 0 Å². The van der Waals surface area contributed by atoms with Gasteiger partial charge in [-0.05, 0) is 37.1 Å². The second-order valence-electron chi connectivity index (χ2n) is 7.86. The van der Waals surface area contributed by atoms with Gasteiger partial charge in [-0.1, -0.05) is 24.2 Å². The maximum absolute atomic E-state index is 12.6. The van der Waals surface area contributed by atoms with E-state index in [1.807, 2.05) is 47.0 Å². The van der Waals surface area contributed by atoms with Crippen LogP contribution in [0.25, 0.3) is 5.69 Å². The molecule has 1 spiro atoms. The molecule has 0 unspecified atom stereocenters. The van der Waals surface area contributed by atoms with Gasteiger partial charge in [-0.15, -0.1) is 10.2 Å². The smallest absolute Gasteiger partial charge is 0.251 e. The minimum absolute atomic E-state index is 0.138. The molecule has 1 aliphatic carbocycles. The molecule has 1 aliphatic heterocycles. The summed E-state index contributed by atoms with van der Waals surface area (Å²) >= 11 is 1.31. The molecule has 1 amide bonds. The van der Waals surface area contributed by atoms with Gasteiger partial charge in [0, 0.05) is 30.7 Å². The van der Waals surface area contributed by atoms with E-state index in [1.54, 1.807) is 13.4 Å². The standard InChI is InChI=1S/C23H24N4O4S/c1-29-18-7-5-6-17(13-18)27-15-24-26-22(27)32-14-21(28)25-16-8-9-19-20(12-16)31-23(30-19)10-3-2-4-11-23/h5-9,12-13,15H,2-4,10-11,14H2,1H3,(H,25,28). The maximum atomic E-state index is 12.6. The molecule has 32 heavy (non-hydrogen) atoms. The van der Waals surface area contributed by atoms with Crippen LogP contribution >= 0.6 is 11.8 Å². The Morgan fingerprint density at radius 1 is 1.16 bits per heavy atom. The molecular weight excluding hydrogens is 428 g/mol. The first-order chi connectivity index (χ1) is 15.6. The lowest BCUT2D eigenvalue weighted by atomic mass is 9.94. The molecule has 2 heterocycles. The Kier molecular flexibility index (Phi) is 5.65. The predicted molar refractivity (Wildman–Crippen MR) is 121 cm³/mol. The third-order valence-electron chi connectivity index (χ3n) is 5.62. The first-order valence-corrected chi connectivity index (χ1v) is 11.6. The molecule has 5 rings (SSSR count). The van der Waals surface area contributed by atoms with Crippen molar-refractivity contribution in [3.8, 4) is 22.9 Å². The topological polar surface area (TPSA) is 87.5 Å². The van der Waals surface area contributed by atoms with Crippen LogP contribution in [0.3, 0.4) is 0 Å². The Hall–Kier alpha value is -3.20. The molecule has 2 aromatic carbocycles. The van der Waals surface area contributed by atoms with Crippen molar-refractivity contribution in [3.63, 3.8) is 0 Å². The van der Waals surface area contributed by atoms with E-state index in [-0.39, 0.29) is 11.7 Å². The maximum Gasteiger partial charge on any atom is 0.251 e. The quantitative estimate of drug-likeness (QED) is 0.553. The molecule has 0 bridgehead atoms. The Labute approximate surface area is 190 Å². The summed E-state index contributed by atoms with van der Waals surface area (Å²) in [5.41, 5.74) is 1.55. The summed E-state index contributed by atoms with van der Waals surface area (Å²) in [4.78, 5) is 12.6. The Morgan fingerprint density at radius 2 is 2.00 bits per heavy atom. The van der Waals surface area contributed by atoms with Crippen LogP contribution in [0.1, 0.15) is 32.1 Å². The Bertz CT molecular complexity index is 1130. The molecule has 0 radical (unpaired) electrons. The van der Waals surface area contributed by atoms with Gasteiger partial charge >= 0.3 is 0 Å². The zero-order valence-electron chi connectivity index (χ0n) is 17.7. The predicted octanol–water partition coefficient (Wildman–Crippen LogP) is 4.44. The van der Waals surface area contributed by atoms with Gasteiger partial charge in [0.25, 0.3) is 5.79 Å². The number of carbonyl (C=O) groups is 1. The molecule has 2 aliphatic rings. The third kappa shape index (κ3) is 4.25. The average Bonchev–Trinajstić information content (AvgIpc) is 3.42. The van der Waals surface area contributed by atoms with Crippen LogP contribution in [0.2, 0.25) is 0 Å². The number of ether oxygens (including phenoxy) is 3. The van der Waals surface area contributed by atoms with Gasteiger partial charge in [-0.25, -0.2) is 0 Å². The van der Waals surface area contributed by atoms with E-state index in [9.17, 15) is 4.79 Å². The number of fused-ring (bicyclic) bond motifs is 1. The fourth-order valence-corrected chi connectivity index (χ4v) is 4.78. The second kappa shape index (κ2) is 8.74. The average molecular weight is 453 g/mol. The lowest BCUT2D eigenvalue weighted by Crippen LogP contribution is -2.40. The number of benzene rings is 2. The lowest BCUT2D eigenvalue weighted by Gasteiger charge is -2.31. The fraction of sp³-hybridized carbons (Fsp3) is 0.348. The van der Waals surface area contributed by atoms with Gasteiger partial charge < -0.3 is 19.5 Å². The van der Waals surface area contributed by atoms with E-state index < -0.39 is 5.79 Å². The van der Waals surface area contributed by atoms with Gasteiger partial charge in [0.2, 0.25) is 5.91 Å². The largest absolute Gasteiger partial charge is 0.497 e. The summed E-state index contributed by atoms with van der Waals surface area (Å²) in [5.74, 6) is 1.70. The second-order valence-corrected chi connectivity index (χ2v) is 8.80. The van der Waals surface area contributed by atoms with Gasteiger partial charge in [0.05, 0.1) is 18.6 Å². The number of carbonyl (C=O) groups excluding carboxylic acids is 1. The number of thioether (sulfide) groups is 1. The zero-order valence-corrected chi connectivity index (χ0v) is 18.6. The molecule has 166 valence electrons. The van der Waals surface area contributed by atoms with Crippen LogP contribution in [-0.4, -0.2) is 39.3 Å². The Balaban J connectivity index is 1.21. The Morgan fingerprint density at radius 3 is 2.84 bits per heavy atom. The van der Waals surface area contributed by atoms with Crippen molar-refractivity contribution in [2.75, 3.05) is 18.2 Å². The summed E-state index contributed by atoms with van der Waals surface area (Å²) in [7, 11) is 1.62. The minimum Gasteiger partial charge on any atom is -0.497 e. The molecule has 1 fully saturated rings. The van der Waals surface area contributed by atoms with E-state index in [0.717, 1.165) is 42.9 Å². The van der Waals surface area contributed by atoms with Crippen LogP contribution in [-0.2, 0) is 4.79 Å². The number of hydrogen-bond donors (Lipinski definition) is 1. The minimum atomic E-state index is -0.525. The molecule has 0 atom stereocenters. The van der Waals surface area contributed by atoms with Crippen LogP contribution in [0.15, 0.2) is 53.9 Å². The van der Waals surface area contributed by atoms with Crippen molar-refractivity contribution in [3.05, 3.63) is 48.8 Å². The highest BCUT2D eigenvalue weighted by Crippen LogP contribution is 2.46. The highest BCUT2D eigenvalue weighted by atomic mass is 32.2. The summed E-state index contributed by atoms with van der Waals surface area (Å²) in [6.45, 7) is 0. The van der Waals surface area contributed by atoms with Crippen LogP contribution in [0.4, 0.5) is 5.69 Å². The molecule has 1 aromatic heterocycles. The van der Waals surface area contributed by atoms with Crippen molar-refractivity contribution < 1.29 is 19.0 Å². The van der Waals surface area contributed by atoms with Crippen LogP contribution < -0.4 is 19.5 Å². The van der Waals surface area contributed by atoms with Gasteiger partial charge in [-0.3, -0.25) is 9.36 Å². The molecule has 8 nitrogen and oxygen atoms in total. The number of nitrogens with one attached hydrogen (secondary N) is 1. The summed E-state index contributed by atoms with van der Waals surface area (Å²) in [5, 5.41) is 11.7. The number of methoxy groups -OCH3 is 1. The number of nitrogens with zero attached hydrogens (tertiary/aromatic N) is 3.